The number of halogens is 4. The summed E-state index contributed by atoms with van der Waals surface area (Å²) in [5.74, 6) is -4.80. The molecule has 17 heavy (non-hydrogen) atoms. The van der Waals surface area contributed by atoms with Crippen molar-refractivity contribution in [3.63, 3.8) is 0 Å². The van der Waals surface area contributed by atoms with Crippen LogP contribution >= 0.6 is 0 Å². The Kier molecular flexibility index (Phi) is 8.54. The van der Waals surface area contributed by atoms with E-state index in [1.54, 1.807) is 6.92 Å². The van der Waals surface area contributed by atoms with Crippen LogP contribution in [0.4, 0.5) is 17.6 Å². The molecule has 98 valence electrons. The number of alkyl halides is 4. The van der Waals surface area contributed by atoms with Crippen molar-refractivity contribution >= 4 is 10.1 Å². The molecule has 9 heteroatoms. The quantitative estimate of drug-likeness (QED) is 0.280. The van der Waals surface area contributed by atoms with E-state index in [0.29, 0.717) is 12.8 Å². The zero-order valence-corrected chi connectivity index (χ0v) is 12.5. The molecular formula is C8H13F4NaO3S. The monoisotopic (exact) mass is 288 g/mol. The van der Waals surface area contributed by atoms with E-state index in [-0.39, 0.29) is 36.0 Å². The summed E-state index contributed by atoms with van der Waals surface area (Å²) in [6.45, 7) is 1.80. The Bertz CT molecular complexity index is 319. The van der Waals surface area contributed by atoms with E-state index in [4.69, 9.17) is 0 Å². The molecule has 3 nitrogen and oxygen atoms in total. The predicted octanol–water partition coefficient (Wildman–Crippen LogP) is -0.266. The molecule has 0 spiro atoms. The summed E-state index contributed by atoms with van der Waals surface area (Å²) in [6.07, 6.45) is 0.0576. The van der Waals surface area contributed by atoms with Crippen LogP contribution in [0.1, 0.15) is 39.0 Å². The molecule has 0 heterocycles. The maximum Gasteiger partial charge on any atom is 1.00 e. The topological polar surface area (TPSA) is 57.2 Å². The van der Waals surface area contributed by atoms with Crippen molar-refractivity contribution in [3.8, 4) is 0 Å². The van der Waals surface area contributed by atoms with Gasteiger partial charge in [0, 0.05) is 6.42 Å². The van der Waals surface area contributed by atoms with Crippen LogP contribution in [-0.4, -0.2) is 24.1 Å². The zero-order valence-electron chi connectivity index (χ0n) is 9.68. The molecule has 0 radical (unpaired) electrons. The van der Waals surface area contributed by atoms with E-state index in [1.807, 2.05) is 0 Å². The molecule has 0 N–H and O–H groups in total. The minimum absolute atomic E-state index is 0. The molecule has 0 rings (SSSR count). The van der Waals surface area contributed by atoms with Gasteiger partial charge in [-0.1, -0.05) is 26.2 Å². The fraction of sp³-hybridized carbons (Fsp3) is 1.00. The largest absolute Gasteiger partial charge is 1.00 e. The van der Waals surface area contributed by atoms with Crippen molar-refractivity contribution in [1.82, 2.24) is 0 Å². The number of hydrogen-bond donors (Lipinski definition) is 0. The van der Waals surface area contributed by atoms with Gasteiger partial charge in [0.15, 0.2) is 10.1 Å². The standard InChI is InChI=1S/C8H14F4O3S.Na/c1-2-3-4-5-6-7(9,10)8(11,12)16(13,14)15;/h2-6H2,1H3,(H,13,14,15);/q;+1/p-1. The van der Waals surface area contributed by atoms with Crippen LogP contribution < -0.4 is 29.6 Å². The molecule has 0 aromatic rings. The summed E-state index contributed by atoms with van der Waals surface area (Å²) in [5.41, 5.74) is 0. The maximum absolute atomic E-state index is 12.8. The molecule has 0 aromatic heterocycles. The average molecular weight is 288 g/mol. The van der Waals surface area contributed by atoms with E-state index in [1.165, 1.54) is 0 Å². The summed E-state index contributed by atoms with van der Waals surface area (Å²) < 4.78 is 80.7. The van der Waals surface area contributed by atoms with Gasteiger partial charge in [-0.2, -0.15) is 17.6 Å². The van der Waals surface area contributed by atoms with Crippen molar-refractivity contribution in [2.75, 3.05) is 0 Å². The third-order valence-electron chi connectivity index (χ3n) is 2.08. The van der Waals surface area contributed by atoms with Gasteiger partial charge in [-0.3, -0.25) is 0 Å². The van der Waals surface area contributed by atoms with Crippen LogP contribution in [0, 0.1) is 0 Å². The smallest absolute Gasteiger partial charge is 0.743 e. The van der Waals surface area contributed by atoms with Crippen LogP contribution in [0.5, 0.6) is 0 Å². The first kappa shape index (κ1) is 20.0. The summed E-state index contributed by atoms with van der Waals surface area (Å²) in [4.78, 5) is 0. The third-order valence-corrected chi connectivity index (χ3v) is 3.01. The summed E-state index contributed by atoms with van der Waals surface area (Å²) >= 11 is 0. The molecule has 0 unspecified atom stereocenters. The molecule has 0 aliphatic heterocycles. The number of rotatable bonds is 7. The molecular weight excluding hydrogens is 275 g/mol. The molecule has 0 fully saturated rings. The molecule has 0 saturated carbocycles. The molecule has 0 amide bonds. The molecule has 0 saturated heterocycles. The Labute approximate surface area is 120 Å². The van der Waals surface area contributed by atoms with E-state index in [2.05, 4.69) is 0 Å². The van der Waals surface area contributed by atoms with Crippen LogP contribution in [0.15, 0.2) is 0 Å². The first-order valence-electron chi connectivity index (χ1n) is 4.77. The molecule has 0 aromatic carbocycles. The normalized spacial score (nSPS) is 13.3. The zero-order chi connectivity index (χ0) is 13.0. The van der Waals surface area contributed by atoms with Gasteiger partial charge in [-0.05, 0) is 6.42 Å². The Balaban J connectivity index is 0. The Morgan fingerprint density at radius 3 is 1.88 bits per heavy atom. The van der Waals surface area contributed by atoms with Crippen molar-refractivity contribution in [2.24, 2.45) is 0 Å². The Morgan fingerprint density at radius 2 is 1.53 bits per heavy atom. The van der Waals surface area contributed by atoms with E-state index in [9.17, 15) is 30.5 Å². The Hall–Kier alpha value is 0.630. The average Bonchev–Trinajstić information content (AvgIpc) is 2.10. The second-order valence-electron chi connectivity index (χ2n) is 3.49. The fourth-order valence-electron chi connectivity index (χ4n) is 1.10. The van der Waals surface area contributed by atoms with E-state index < -0.39 is 27.7 Å². The SMILES string of the molecule is CCCCCCC(F)(F)C(F)(F)S(=O)(=O)[O-].[Na+]. The van der Waals surface area contributed by atoms with E-state index in [0.717, 1.165) is 6.42 Å². The number of unbranched alkanes of at least 4 members (excludes halogenated alkanes) is 3. The Morgan fingerprint density at radius 1 is 1.06 bits per heavy atom. The van der Waals surface area contributed by atoms with Gasteiger partial charge < -0.3 is 4.55 Å². The van der Waals surface area contributed by atoms with Crippen molar-refractivity contribution in [2.45, 2.75) is 50.2 Å². The molecule has 0 bridgehead atoms. The predicted molar refractivity (Wildman–Crippen MR) is 48.4 cm³/mol. The summed E-state index contributed by atoms with van der Waals surface area (Å²) in [7, 11) is -6.34. The van der Waals surface area contributed by atoms with Crippen molar-refractivity contribution in [3.05, 3.63) is 0 Å². The van der Waals surface area contributed by atoms with Crippen LogP contribution in [0.2, 0.25) is 0 Å². The molecule has 0 atom stereocenters. The third kappa shape index (κ3) is 5.42. The minimum atomic E-state index is -6.34. The van der Waals surface area contributed by atoms with Crippen LogP contribution in [-0.2, 0) is 10.1 Å². The van der Waals surface area contributed by atoms with Gasteiger partial charge in [-0.25, -0.2) is 8.42 Å². The van der Waals surface area contributed by atoms with Gasteiger partial charge in [0.25, 0.3) is 0 Å². The maximum atomic E-state index is 12.8. The first-order chi connectivity index (χ1) is 7.06. The fourth-order valence-corrected chi connectivity index (χ4v) is 1.57. The van der Waals surface area contributed by atoms with Crippen molar-refractivity contribution < 1.29 is 60.1 Å². The summed E-state index contributed by atoms with van der Waals surface area (Å²) in [5, 5.41) is -5.54. The second-order valence-corrected chi connectivity index (χ2v) is 4.91. The van der Waals surface area contributed by atoms with Crippen molar-refractivity contribution in [1.29, 1.82) is 0 Å². The van der Waals surface area contributed by atoms with Gasteiger partial charge in [0.2, 0.25) is 0 Å². The van der Waals surface area contributed by atoms with Gasteiger partial charge in [0.05, 0.1) is 0 Å². The van der Waals surface area contributed by atoms with Gasteiger partial charge >= 0.3 is 40.7 Å². The van der Waals surface area contributed by atoms with Gasteiger partial charge in [0.1, 0.15) is 0 Å². The first-order valence-corrected chi connectivity index (χ1v) is 6.18. The van der Waals surface area contributed by atoms with Gasteiger partial charge in [-0.15, -0.1) is 0 Å². The second kappa shape index (κ2) is 7.28. The van der Waals surface area contributed by atoms with Crippen LogP contribution in [0.25, 0.3) is 0 Å². The molecule has 0 aliphatic rings. The van der Waals surface area contributed by atoms with Crippen LogP contribution in [0.3, 0.4) is 0 Å². The van der Waals surface area contributed by atoms with E-state index >= 15 is 0 Å². The molecule has 0 aliphatic carbocycles. The number of hydrogen-bond acceptors (Lipinski definition) is 3. The summed E-state index contributed by atoms with van der Waals surface area (Å²) in [6, 6.07) is 0. The minimum Gasteiger partial charge on any atom is -0.743 e.